The Morgan fingerprint density at radius 3 is 2.63 bits per heavy atom. The summed E-state index contributed by atoms with van der Waals surface area (Å²) < 4.78 is 18.1. The summed E-state index contributed by atoms with van der Waals surface area (Å²) in [6.45, 7) is 9.10. The summed E-state index contributed by atoms with van der Waals surface area (Å²) in [7, 11) is 0. The maximum atomic E-state index is 12.9. The van der Waals surface area contributed by atoms with Gasteiger partial charge in [0.15, 0.2) is 0 Å². The van der Waals surface area contributed by atoms with Crippen LogP contribution in [0.25, 0.3) is 6.08 Å². The number of carbonyl (C=O) groups is 2. The summed E-state index contributed by atoms with van der Waals surface area (Å²) in [5.41, 5.74) is -0.326. The lowest BCUT2D eigenvalue weighted by atomic mass is 9.79. The fraction of sp³-hybridized carbons (Fsp3) is 0.690. The average molecular weight is 484 g/mol. The van der Waals surface area contributed by atoms with Crippen molar-refractivity contribution in [1.29, 1.82) is 0 Å². The molecule has 192 valence electrons. The van der Waals surface area contributed by atoms with Gasteiger partial charge in [-0.3, -0.25) is 14.6 Å². The van der Waals surface area contributed by atoms with Crippen LogP contribution in [-0.2, 0) is 23.8 Å². The maximum Gasteiger partial charge on any atom is 0.306 e. The van der Waals surface area contributed by atoms with Gasteiger partial charge in [0.2, 0.25) is 0 Å². The second-order valence-corrected chi connectivity index (χ2v) is 11.7. The molecule has 0 spiro atoms. The number of nitrogens with zero attached hydrogens (tertiary/aromatic N) is 1. The molecule has 0 bridgehead atoms. The van der Waals surface area contributed by atoms with Crippen LogP contribution in [0.4, 0.5) is 0 Å². The van der Waals surface area contributed by atoms with Crippen molar-refractivity contribution >= 4 is 17.8 Å². The Hall–Kier alpha value is -2.05. The Bertz CT molecular complexity index is 924. The third-order valence-electron chi connectivity index (χ3n) is 8.21. The Kier molecular flexibility index (Phi) is 7.82. The molecule has 5 atom stereocenters. The highest BCUT2D eigenvalue weighted by Crippen LogP contribution is 2.58. The molecule has 35 heavy (non-hydrogen) atoms. The fourth-order valence-electron chi connectivity index (χ4n) is 5.42. The number of cyclic esters (lactones) is 1. The Balaban J connectivity index is 1.55. The summed E-state index contributed by atoms with van der Waals surface area (Å²) in [4.78, 5) is 30.2. The number of pyridine rings is 1. The number of fused-ring (bicyclic) bond motifs is 1. The van der Waals surface area contributed by atoms with E-state index in [9.17, 15) is 9.59 Å². The molecule has 1 aromatic rings. The minimum atomic E-state index is -0.530. The van der Waals surface area contributed by atoms with Crippen LogP contribution in [0.1, 0.15) is 91.2 Å². The molecule has 5 unspecified atom stereocenters. The van der Waals surface area contributed by atoms with Crippen LogP contribution in [0.3, 0.4) is 0 Å². The van der Waals surface area contributed by atoms with Crippen LogP contribution in [0.5, 0.6) is 0 Å². The first-order valence-electron chi connectivity index (χ1n) is 13.2. The van der Waals surface area contributed by atoms with E-state index < -0.39 is 11.5 Å². The maximum absolute atomic E-state index is 12.9. The number of epoxide rings is 2. The topological polar surface area (TPSA) is 81.3 Å². The van der Waals surface area contributed by atoms with Gasteiger partial charge in [-0.2, -0.15) is 0 Å². The molecule has 3 aliphatic heterocycles. The van der Waals surface area contributed by atoms with Gasteiger partial charge in [-0.25, -0.2) is 0 Å². The predicted octanol–water partition coefficient (Wildman–Crippen LogP) is 5.69. The second-order valence-electron chi connectivity index (χ2n) is 11.7. The van der Waals surface area contributed by atoms with Crippen molar-refractivity contribution in [3.8, 4) is 0 Å². The first-order chi connectivity index (χ1) is 16.6. The number of rotatable bonds is 4. The fourth-order valence-corrected chi connectivity index (χ4v) is 5.42. The molecule has 1 aromatic heterocycles. The Morgan fingerprint density at radius 1 is 1.11 bits per heavy atom. The van der Waals surface area contributed by atoms with E-state index in [1.807, 2.05) is 44.2 Å². The molecule has 0 amide bonds. The number of esters is 1. The lowest BCUT2D eigenvalue weighted by molar-refractivity contribution is -0.148. The van der Waals surface area contributed by atoms with Crippen molar-refractivity contribution in [2.45, 2.75) is 109 Å². The van der Waals surface area contributed by atoms with Crippen molar-refractivity contribution in [1.82, 2.24) is 4.98 Å². The van der Waals surface area contributed by atoms with E-state index in [2.05, 4.69) is 18.8 Å². The third kappa shape index (κ3) is 6.79. The van der Waals surface area contributed by atoms with E-state index in [0.717, 1.165) is 44.4 Å². The monoisotopic (exact) mass is 483 g/mol. The summed E-state index contributed by atoms with van der Waals surface area (Å²) >= 11 is 0. The van der Waals surface area contributed by atoms with E-state index in [1.165, 1.54) is 0 Å². The van der Waals surface area contributed by atoms with Gasteiger partial charge in [0.25, 0.3) is 0 Å². The van der Waals surface area contributed by atoms with Crippen LogP contribution < -0.4 is 0 Å². The molecule has 4 rings (SSSR count). The van der Waals surface area contributed by atoms with Gasteiger partial charge in [0.05, 0.1) is 24.0 Å². The SMILES string of the molecule is CC1CCCC2(C)OC2(CC2CO2)CC(C=Cc2ccccn2)OC(=O)CCC(C)(C)C(=O)CC1. The molecule has 4 heterocycles. The lowest BCUT2D eigenvalue weighted by Crippen LogP contribution is -2.32. The number of ether oxygens (including phenoxy) is 3. The third-order valence-corrected chi connectivity index (χ3v) is 8.21. The first kappa shape index (κ1) is 26.0. The van der Waals surface area contributed by atoms with Gasteiger partial charge in [0.1, 0.15) is 17.5 Å². The molecule has 0 aliphatic carbocycles. The zero-order valence-corrected chi connectivity index (χ0v) is 21.8. The number of ketones is 1. The van der Waals surface area contributed by atoms with E-state index in [-0.39, 0.29) is 35.5 Å². The molecule has 0 aromatic carbocycles. The highest BCUT2D eigenvalue weighted by atomic mass is 16.6. The summed E-state index contributed by atoms with van der Waals surface area (Å²) in [6.07, 6.45) is 12.1. The van der Waals surface area contributed by atoms with Crippen molar-refractivity contribution in [2.24, 2.45) is 11.3 Å². The minimum Gasteiger partial charge on any atom is -0.458 e. The van der Waals surface area contributed by atoms with Gasteiger partial charge in [0, 0.05) is 37.3 Å². The van der Waals surface area contributed by atoms with E-state index >= 15 is 0 Å². The van der Waals surface area contributed by atoms with Gasteiger partial charge in [-0.05, 0) is 56.4 Å². The molecule has 3 aliphatic rings. The van der Waals surface area contributed by atoms with E-state index in [0.29, 0.717) is 25.2 Å². The molecular formula is C29H41NO5. The number of hydrogen-bond donors (Lipinski definition) is 0. The zero-order valence-electron chi connectivity index (χ0n) is 21.8. The quantitative estimate of drug-likeness (QED) is 0.404. The highest BCUT2D eigenvalue weighted by Gasteiger charge is 2.67. The van der Waals surface area contributed by atoms with Crippen molar-refractivity contribution in [2.75, 3.05) is 6.61 Å². The van der Waals surface area contributed by atoms with Gasteiger partial charge >= 0.3 is 5.97 Å². The summed E-state index contributed by atoms with van der Waals surface area (Å²) in [5.74, 6) is 0.448. The molecule has 0 N–H and O–H groups in total. The molecule has 0 saturated carbocycles. The van der Waals surface area contributed by atoms with Crippen LogP contribution in [0.2, 0.25) is 0 Å². The molecule has 0 radical (unpaired) electrons. The van der Waals surface area contributed by atoms with Crippen LogP contribution in [0, 0.1) is 11.3 Å². The number of hydrogen-bond acceptors (Lipinski definition) is 6. The van der Waals surface area contributed by atoms with E-state index in [4.69, 9.17) is 14.2 Å². The average Bonchev–Trinajstić information content (AvgIpc) is 3.73. The van der Waals surface area contributed by atoms with Gasteiger partial charge in [-0.1, -0.05) is 39.7 Å². The number of carbonyl (C=O) groups excluding carboxylic acids is 2. The Morgan fingerprint density at radius 2 is 1.91 bits per heavy atom. The summed E-state index contributed by atoms with van der Waals surface area (Å²) in [5, 5.41) is 0. The molecule has 6 heteroatoms. The van der Waals surface area contributed by atoms with E-state index in [1.54, 1.807) is 6.20 Å². The largest absolute Gasteiger partial charge is 0.458 e. The van der Waals surface area contributed by atoms with Crippen LogP contribution in [-0.4, -0.2) is 46.8 Å². The molecule has 3 fully saturated rings. The summed E-state index contributed by atoms with van der Waals surface area (Å²) in [6, 6.07) is 5.74. The second kappa shape index (κ2) is 10.5. The number of aromatic nitrogens is 1. The predicted molar refractivity (Wildman–Crippen MR) is 135 cm³/mol. The number of Topliss-reactive ketones (excluding diaryl/α,β-unsaturated/α-hetero) is 1. The molecule has 6 nitrogen and oxygen atoms in total. The molecular weight excluding hydrogens is 442 g/mol. The smallest absolute Gasteiger partial charge is 0.306 e. The Labute approximate surface area is 209 Å². The highest BCUT2D eigenvalue weighted by molar-refractivity contribution is 5.84. The molecule has 3 saturated heterocycles. The van der Waals surface area contributed by atoms with Crippen LogP contribution in [0.15, 0.2) is 30.5 Å². The standard InChI is InChI=1S/C29H41NO5/c1-21-8-7-15-28(4)29(35-28,19-24-20-33-24)18-23(12-11-22-9-5-6-17-30-22)34-26(32)14-16-27(2,3)25(31)13-10-21/h5-6,9,11-12,17,21,23-24H,7-8,10,13-16,18-20H2,1-4H3. The zero-order chi connectivity index (χ0) is 25.1. The first-order valence-corrected chi connectivity index (χ1v) is 13.2. The van der Waals surface area contributed by atoms with Crippen molar-refractivity contribution in [3.63, 3.8) is 0 Å². The van der Waals surface area contributed by atoms with Crippen molar-refractivity contribution in [3.05, 3.63) is 36.2 Å². The normalized spacial score (nSPS) is 36.4. The van der Waals surface area contributed by atoms with Gasteiger partial charge in [-0.15, -0.1) is 0 Å². The lowest BCUT2D eigenvalue weighted by Gasteiger charge is -2.26. The minimum absolute atomic E-state index is 0.221. The van der Waals surface area contributed by atoms with Gasteiger partial charge < -0.3 is 14.2 Å². The van der Waals surface area contributed by atoms with Crippen molar-refractivity contribution < 1.29 is 23.8 Å². The van der Waals surface area contributed by atoms with Crippen LogP contribution >= 0.6 is 0 Å².